The number of carbonyl (C=O) groups excluding carboxylic acids is 1. The van der Waals surface area contributed by atoms with Crippen LogP contribution in [0.4, 0.5) is 5.69 Å². The molecular weight excluding hydrogens is 362 g/mol. The van der Waals surface area contributed by atoms with Gasteiger partial charge in [-0.15, -0.1) is 0 Å². The SMILES string of the molecule is Cc1cccc(N2CCN(C(=O)c3ccnc(OCc4ccccc4)c3)CC2)c1. The fourth-order valence-electron chi connectivity index (χ4n) is 3.53. The van der Waals surface area contributed by atoms with E-state index in [-0.39, 0.29) is 5.91 Å². The van der Waals surface area contributed by atoms with Gasteiger partial charge in [0.15, 0.2) is 0 Å². The van der Waals surface area contributed by atoms with E-state index >= 15 is 0 Å². The summed E-state index contributed by atoms with van der Waals surface area (Å²) in [5.41, 5.74) is 4.16. The molecule has 0 radical (unpaired) electrons. The molecule has 3 aromatic rings. The lowest BCUT2D eigenvalue weighted by Crippen LogP contribution is -2.48. The Balaban J connectivity index is 1.36. The van der Waals surface area contributed by atoms with Gasteiger partial charge in [-0.1, -0.05) is 42.5 Å². The molecule has 5 heteroatoms. The maximum Gasteiger partial charge on any atom is 0.254 e. The van der Waals surface area contributed by atoms with Crippen molar-refractivity contribution >= 4 is 11.6 Å². The number of hydrogen-bond donors (Lipinski definition) is 0. The lowest BCUT2D eigenvalue weighted by atomic mass is 10.1. The van der Waals surface area contributed by atoms with Crippen molar-refractivity contribution in [2.45, 2.75) is 13.5 Å². The molecule has 0 N–H and O–H groups in total. The van der Waals surface area contributed by atoms with E-state index in [4.69, 9.17) is 4.74 Å². The molecule has 0 bridgehead atoms. The number of amides is 1. The van der Waals surface area contributed by atoms with Gasteiger partial charge in [0.25, 0.3) is 5.91 Å². The first-order chi connectivity index (χ1) is 14.2. The van der Waals surface area contributed by atoms with Crippen molar-refractivity contribution in [1.82, 2.24) is 9.88 Å². The Labute approximate surface area is 171 Å². The molecule has 29 heavy (non-hydrogen) atoms. The zero-order valence-corrected chi connectivity index (χ0v) is 16.6. The van der Waals surface area contributed by atoms with Crippen LogP contribution in [0, 0.1) is 6.92 Å². The Kier molecular flexibility index (Phi) is 5.75. The van der Waals surface area contributed by atoms with Gasteiger partial charge in [0.05, 0.1) is 0 Å². The van der Waals surface area contributed by atoms with Gasteiger partial charge in [0, 0.05) is 49.7 Å². The Morgan fingerprint density at radius 2 is 1.76 bits per heavy atom. The van der Waals surface area contributed by atoms with E-state index in [1.54, 1.807) is 18.3 Å². The number of nitrogens with zero attached hydrogens (tertiary/aromatic N) is 3. The van der Waals surface area contributed by atoms with Crippen LogP contribution in [0.5, 0.6) is 5.88 Å². The quantitative estimate of drug-likeness (QED) is 0.665. The summed E-state index contributed by atoms with van der Waals surface area (Å²) in [5.74, 6) is 0.499. The zero-order chi connectivity index (χ0) is 20.1. The normalized spacial score (nSPS) is 14.0. The summed E-state index contributed by atoms with van der Waals surface area (Å²) in [6.45, 7) is 5.60. The Bertz CT molecular complexity index is 967. The van der Waals surface area contributed by atoms with Crippen molar-refractivity contribution in [3.05, 3.63) is 89.6 Å². The zero-order valence-electron chi connectivity index (χ0n) is 16.6. The predicted octanol–water partition coefficient (Wildman–Crippen LogP) is 3.93. The lowest BCUT2D eigenvalue weighted by Gasteiger charge is -2.36. The molecule has 1 aliphatic rings. The van der Waals surface area contributed by atoms with Gasteiger partial charge in [-0.25, -0.2) is 4.98 Å². The first-order valence-corrected chi connectivity index (χ1v) is 9.93. The number of carbonyl (C=O) groups is 1. The van der Waals surface area contributed by atoms with Crippen LogP contribution in [0.15, 0.2) is 72.9 Å². The van der Waals surface area contributed by atoms with E-state index in [1.165, 1.54) is 11.3 Å². The van der Waals surface area contributed by atoms with E-state index in [0.29, 0.717) is 31.1 Å². The summed E-state index contributed by atoms with van der Waals surface area (Å²) in [4.78, 5) is 21.4. The minimum Gasteiger partial charge on any atom is -0.473 e. The van der Waals surface area contributed by atoms with Gasteiger partial charge < -0.3 is 14.5 Å². The summed E-state index contributed by atoms with van der Waals surface area (Å²) in [6.07, 6.45) is 1.64. The van der Waals surface area contributed by atoms with E-state index in [2.05, 4.69) is 41.1 Å². The number of hydrogen-bond acceptors (Lipinski definition) is 4. The highest BCUT2D eigenvalue weighted by Gasteiger charge is 2.22. The highest BCUT2D eigenvalue weighted by molar-refractivity contribution is 5.94. The molecule has 1 fully saturated rings. The number of pyridine rings is 1. The number of benzene rings is 2. The first-order valence-electron chi connectivity index (χ1n) is 9.93. The number of anilines is 1. The van der Waals surface area contributed by atoms with Crippen molar-refractivity contribution in [1.29, 1.82) is 0 Å². The van der Waals surface area contributed by atoms with Crippen molar-refractivity contribution in [2.75, 3.05) is 31.1 Å². The Morgan fingerprint density at radius 1 is 0.966 bits per heavy atom. The summed E-state index contributed by atoms with van der Waals surface area (Å²) < 4.78 is 5.77. The molecule has 1 saturated heterocycles. The minimum absolute atomic E-state index is 0.0286. The number of rotatable bonds is 5. The molecule has 2 aromatic carbocycles. The van der Waals surface area contributed by atoms with Crippen LogP contribution < -0.4 is 9.64 Å². The van der Waals surface area contributed by atoms with E-state index in [0.717, 1.165) is 18.7 Å². The van der Waals surface area contributed by atoms with Crippen LogP contribution >= 0.6 is 0 Å². The van der Waals surface area contributed by atoms with E-state index in [1.807, 2.05) is 35.2 Å². The highest BCUT2D eigenvalue weighted by atomic mass is 16.5. The van der Waals surface area contributed by atoms with E-state index < -0.39 is 0 Å². The topological polar surface area (TPSA) is 45.7 Å². The van der Waals surface area contributed by atoms with Crippen LogP contribution in [0.2, 0.25) is 0 Å². The average molecular weight is 387 g/mol. The summed E-state index contributed by atoms with van der Waals surface area (Å²) >= 11 is 0. The molecule has 0 spiro atoms. The Hall–Kier alpha value is -3.34. The largest absolute Gasteiger partial charge is 0.473 e. The molecule has 2 heterocycles. The highest BCUT2D eigenvalue weighted by Crippen LogP contribution is 2.19. The fraction of sp³-hybridized carbons (Fsp3) is 0.250. The molecule has 0 saturated carbocycles. The van der Waals surface area contributed by atoms with Crippen LogP contribution in [0.25, 0.3) is 0 Å². The molecule has 0 unspecified atom stereocenters. The summed E-state index contributed by atoms with van der Waals surface area (Å²) in [5, 5.41) is 0. The van der Waals surface area contributed by atoms with Crippen LogP contribution in [-0.4, -0.2) is 42.0 Å². The molecule has 1 aromatic heterocycles. The third kappa shape index (κ3) is 4.74. The van der Waals surface area contributed by atoms with Gasteiger partial charge >= 0.3 is 0 Å². The van der Waals surface area contributed by atoms with Gasteiger partial charge in [-0.3, -0.25) is 4.79 Å². The molecule has 148 valence electrons. The molecule has 1 amide bonds. The summed E-state index contributed by atoms with van der Waals surface area (Å²) in [6, 6.07) is 21.9. The fourth-order valence-corrected chi connectivity index (χ4v) is 3.53. The lowest BCUT2D eigenvalue weighted by molar-refractivity contribution is 0.0746. The van der Waals surface area contributed by atoms with Gasteiger partial charge in [0.1, 0.15) is 6.61 Å². The van der Waals surface area contributed by atoms with Crippen molar-refractivity contribution in [3.8, 4) is 5.88 Å². The number of aryl methyl sites for hydroxylation is 1. The van der Waals surface area contributed by atoms with Crippen molar-refractivity contribution in [3.63, 3.8) is 0 Å². The third-order valence-electron chi connectivity index (χ3n) is 5.15. The number of piperazine rings is 1. The second kappa shape index (κ2) is 8.78. The molecule has 4 rings (SSSR count). The van der Waals surface area contributed by atoms with Gasteiger partial charge in [0.2, 0.25) is 5.88 Å². The van der Waals surface area contributed by atoms with Crippen LogP contribution in [0.3, 0.4) is 0 Å². The molecule has 0 atom stereocenters. The second-order valence-corrected chi connectivity index (χ2v) is 7.28. The molecular formula is C24H25N3O2. The molecule has 5 nitrogen and oxygen atoms in total. The number of ether oxygens (including phenoxy) is 1. The standard InChI is InChI=1S/C24H25N3O2/c1-19-6-5-9-22(16-19)26-12-14-27(15-13-26)24(28)21-10-11-25-23(17-21)29-18-20-7-3-2-4-8-20/h2-11,16-17H,12-15,18H2,1H3. The molecule has 0 aliphatic carbocycles. The minimum atomic E-state index is 0.0286. The number of aromatic nitrogens is 1. The Morgan fingerprint density at radius 3 is 2.52 bits per heavy atom. The van der Waals surface area contributed by atoms with Crippen molar-refractivity contribution < 1.29 is 9.53 Å². The average Bonchev–Trinajstić information content (AvgIpc) is 2.78. The predicted molar refractivity (Wildman–Crippen MR) is 114 cm³/mol. The maximum absolute atomic E-state index is 12.9. The monoisotopic (exact) mass is 387 g/mol. The van der Waals surface area contributed by atoms with E-state index in [9.17, 15) is 4.79 Å². The first kappa shape index (κ1) is 19.0. The van der Waals surface area contributed by atoms with Crippen LogP contribution in [0.1, 0.15) is 21.5 Å². The second-order valence-electron chi connectivity index (χ2n) is 7.28. The van der Waals surface area contributed by atoms with Gasteiger partial charge in [-0.05, 0) is 36.2 Å². The molecule has 1 aliphatic heterocycles. The third-order valence-corrected chi connectivity index (χ3v) is 5.15. The van der Waals surface area contributed by atoms with Crippen molar-refractivity contribution in [2.24, 2.45) is 0 Å². The van der Waals surface area contributed by atoms with Crippen LogP contribution in [-0.2, 0) is 6.61 Å². The van der Waals surface area contributed by atoms with Gasteiger partial charge in [-0.2, -0.15) is 0 Å². The smallest absolute Gasteiger partial charge is 0.254 e. The maximum atomic E-state index is 12.9. The summed E-state index contributed by atoms with van der Waals surface area (Å²) in [7, 11) is 0.